The van der Waals surface area contributed by atoms with Gasteiger partial charge in [0.2, 0.25) is 5.91 Å². The van der Waals surface area contributed by atoms with Gasteiger partial charge in [-0.15, -0.1) is 0 Å². The van der Waals surface area contributed by atoms with Gasteiger partial charge >= 0.3 is 0 Å². The van der Waals surface area contributed by atoms with Crippen molar-refractivity contribution in [3.8, 4) is 5.75 Å². The highest BCUT2D eigenvalue weighted by Gasteiger charge is 2.29. The van der Waals surface area contributed by atoms with E-state index in [0.29, 0.717) is 17.3 Å². The number of ether oxygens (including phenoxy) is 1. The lowest BCUT2D eigenvalue weighted by atomic mass is 10.1. The third kappa shape index (κ3) is 6.79. The number of aryl methyl sites for hydroxylation is 1. The second-order valence-electron chi connectivity index (χ2n) is 8.08. The van der Waals surface area contributed by atoms with Crippen molar-refractivity contribution in [3.63, 3.8) is 0 Å². The monoisotopic (exact) mass is 416 g/mol. The number of hydrogen-bond donors (Lipinski definition) is 1. The molecule has 1 N–H and O–H groups in total. The molecule has 29 heavy (non-hydrogen) atoms. The zero-order valence-corrected chi connectivity index (χ0v) is 18.4. The van der Waals surface area contributed by atoms with Gasteiger partial charge in [0.1, 0.15) is 11.8 Å². The van der Waals surface area contributed by atoms with Gasteiger partial charge in [-0.25, -0.2) is 0 Å². The molecule has 0 aliphatic rings. The van der Waals surface area contributed by atoms with Crippen molar-refractivity contribution >= 4 is 23.4 Å². The van der Waals surface area contributed by atoms with Gasteiger partial charge in [0.05, 0.1) is 5.02 Å². The van der Waals surface area contributed by atoms with Crippen LogP contribution in [-0.4, -0.2) is 34.9 Å². The molecule has 0 fully saturated rings. The lowest BCUT2D eigenvalue weighted by Crippen LogP contribution is -2.53. The molecular formula is C23H29ClN2O3. The number of nitrogens with one attached hydrogen (secondary N) is 1. The molecule has 0 aliphatic carbocycles. The van der Waals surface area contributed by atoms with Crippen LogP contribution in [0.2, 0.25) is 5.02 Å². The maximum absolute atomic E-state index is 13.0. The van der Waals surface area contributed by atoms with Gasteiger partial charge in [0.15, 0.2) is 6.61 Å². The topological polar surface area (TPSA) is 58.6 Å². The Morgan fingerprint density at radius 3 is 2.34 bits per heavy atom. The van der Waals surface area contributed by atoms with Crippen molar-refractivity contribution in [1.82, 2.24) is 10.2 Å². The Morgan fingerprint density at radius 1 is 1.10 bits per heavy atom. The first-order chi connectivity index (χ1) is 13.6. The highest BCUT2D eigenvalue weighted by molar-refractivity contribution is 6.32. The standard InChI is InChI=1S/C23H29ClN2O3/c1-16-10-6-7-11-18(16)14-26(17(2)22(28)25-23(3,4)5)21(27)15-29-20-13-9-8-12-19(20)24/h6-13,17H,14-15H2,1-5H3,(H,25,28)/t17-/m1/s1. The first-order valence-corrected chi connectivity index (χ1v) is 9.99. The molecule has 0 saturated carbocycles. The number of para-hydroxylation sites is 1. The molecule has 2 aromatic rings. The Morgan fingerprint density at radius 2 is 1.72 bits per heavy atom. The normalized spacial score (nSPS) is 12.2. The Bertz CT molecular complexity index is 861. The van der Waals surface area contributed by atoms with Crippen LogP contribution in [0.25, 0.3) is 0 Å². The largest absolute Gasteiger partial charge is 0.482 e. The van der Waals surface area contributed by atoms with Gasteiger partial charge in [-0.2, -0.15) is 0 Å². The van der Waals surface area contributed by atoms with Crippen molar-refractivity contribution in [3.05, 3.63) is 64.7 Å². The number of amides is 2. The van der Waals surface area contributed by atoms with E-state index in [2.05, 4.69) is 5.32 Å². The van der Waals surface area contributed by atoms with Crippen molar-refractivity contribution in [2.24, 2.45) is 0 Å². The first-order valence-electron chi connectivity index (χ1n) is 9.62. The third-order valence-corrected chi connectivity index (χ3v) is 4.77. The number of carbonyl (C=O) groups is 2. The van der Waals surface area contributed by atoms with Gasteiger partial charge in [-0.05, 0) is 57.9 Å². The van der Waals surface area contributed by atoms with Crippen LogP contribution in [0.4, 0.5) is 0 Å². The maximum atomic E-state index is 13.0. The van der Waals surface area contributed by atoms with Crippen molar-refractivity contribution in [1.29, 1.82) is 0 Å². The Labute approximate surface area is 178 Å². The Kier molecular flexibility index (Phi) is 7.68. The maximum Gasteiger partial charge on any atom is 0.261 e. The van der Waals surface area contributed by atoms with E-state index in [9.17, 15) is 9.59 Å². The van der Waals surface area contributed by atoms with E-state index in [1.165, 1.54) is 0 Å². The van der Waals surface area contributed by atoms with Crippen molar-refractivity contribution in [2.45, 2.75) is 52.7 Å². The van der Waals surface area contributed by atoms with Crippen molar-refractivity contribution in [2.75, 3.05) is 6.61 Å². The predicted molar refractivity (Wildman–Crippen MR) is 116 cm³/mol. The molecule has 0 heterocycles. The average Bonchev–Trinajstić information content (AvgIpc) is 2.64. The van der Waals surface area contributed by atoms with E-state index in [1.807, 2.05) is 52.0 Å². The minimum atomic E-state index is -0.656. The Hall–Kier alpha value is -2.53. The molecule has 156 valence electrons. The predicted octanol–water partition coefficient (Wildman–Crippen LogP) is 4.36. The van der Waals surface area contributed by atoms with E-state index in [1.54, 1.807) is 36.1 Å². The molecule has 2 aromatic carbocycles. The molecule has 2 amide bonds. The zero-order valence-electron chi connectivity index (χ0n) is 17.7. The van der Waals surface area contributed by atoms with Crippen LogP contribution in [0.1, 0.15) is 38.8 Å². The minimum Gasteiger partial charge on any atom is -0.482 e. The van der Waals surface area contributed by atoms with Gasteiger partial charge in [0.25, 0.3) is 5.91 Å². The minimum absolute atomic E-state index is 0.206. The molecule has 0 radical (unpaired) electrons. The fourth-order valence-electron chi connectivity index (χ4n) is 2.81. The lowest BCUT2D eigenvalue weighted by Gasteiger charge is -2.31. The summed E-state index contributed by atoms with van der Waals surface area (Å²) >= 11 is 6.11. The fraction of sp³-hybridized carbons (Fsp3) is 0.391. The van der Waals surface area contributed by atoms with Gasteiger partial charge < -0.3 is 15.0 Å². The number of nitrogens with zero attached hydrogens (tertiary/aromatic N) is 1. The summed E-state index contributed by atoms with van der Waals surface area (Å²) in [5.74, 6) is -0.0629. The molecule has 5 nitrogen and oxygen atoms in total. The zero-order chi connectivity index (χ0) is 21.6. The van der Waals surface area contributed by atoms with Crippen LogP contribution in [0, 0.1) is 6.92 Å². The van der Waals surface area contributed by atoms with Crippen LogP contribution < -0.4 is 10.1 Å². The van der Waals surface area contributed by atoms with Gasteiger partial charge in [-0.3, -0.25) is 9.59 Å². The SMILES string of the molecule is Cc1ccccc1CN(C(=O)COc1ccccc1Cl)[C@H](C)C(=O)NC(C)(C)C. The lowest BCUT2D eigenvalue weighted by molar-refractivity contribution is -0.142. The number of halogens is 1. The van der Waals surface area contributed by atoms with Crippen LogP contribution in [0.3, 0.4) is 0 Å². The summed E-state index contributed by atoms with van der Waals surface area (Å²) in [5.41, 5.74) is 1.64. The molecule has 0 bridgehead atoms. The smallest absolute Gasteiger partial charge is 0.261 e. The highest BCUT2D eigenvalue weighted by atomic mass is 35.5. The molecule has 0 unspecified atom stereocenters. The molecule has 0 spiro atoms. The summed E-state index contributed by atoms with van der Waals surface area (Å²) in [7, 11) is 0. The summed E-state index contributed by atoms with van der Waals surface area (Å²) in [6.07, 6.45) is 0. The second kappa shape index (κ2) is 9.79. The summed E-state index contributed by atoms with van der Waals surface area (Å²) in [4.78, 5) is 27.3. The fourth-order valence-corrected chi connectivity index (χ4v) is 3.00. The number of rotatable bonds is 7. The van der Waals surface area contributed by atoms with Crippen LogP contribution in [0.5, 0.6) is 5.75 Å². The molecule has 2 rings (SSSR count). The van der Waals surface area contributed by atoms with Crippen LogP contribution in [0.15, 0.2) is 48.5 Å². The van der Waals surface area contributed by atoms with E-state index in [-0.39, 0.29) is 18.4 Å². The molecule has 0 saturated heterocycles. The second-order valence-corrected chi connectivity index (χ2v) is 8.49. The number of benzene rings is 2. The van der Waals surface area contributed by atoms with E-state index in [0.717, 1.165) is 11.1 Å². The average molecular weight is 417 g/mol. The quantitative estimate of drug-likeness (QED) is 0.729. The third-order valence-electron chi connectivity index (χ3n) is 4.46. The number of hydrogen-bond acceptors (Lipinski definition) is 3. The molecule has 0 aromatic heterocycles. The van der Waals surface area contributed by atoms with E-state index < -0.39 is 11.6 Å². The summed E-state index contributed by atoms with van der Waals surface area (Å²) in [6, 6.07) is 14.1. The van der Waals surface area contributed by atoms with Crippen LogP contribution >= 0.6 is 11.6 Å². The summed E-state index contributed by atoms with van der Waals surface area (Å²) in [6.45, 7) is 9.55. The summed E-state index contributed by atoms with van der Waals surface area (Å²) < 4.78 is 5.62. The number of carbonyl (C=O) groups excluding carboxylic acids is 2. The first kappa shape index (κ1) is 22.8. The van der Waals surface area contributed by atoms with E-state index in [4.69, 9.17) is 16.3 Å². The molecule has 6 heteroatoms. The van der Waals surface area contributed by atoms with E-state index >= 15 is 0 Å². The molecular weight excluding hydrogens is 388 g/mol. The summed E-state index contributed by atoms with van der Waals surface area (Å²) in [5, 5.41) is 3.38. The van der Waals surface area contributed by atoms with Gasteiger partial charge in [-0.1, -0.05) is 48.0 Å². The van der Waals surface area contributed by atoms with Crippen LogP contribution in [-0.2, 0) is 16.1 Å². The van der Waals surface area contributed by atoms with Crippen molar-refractivity contribution < 1.29 is 14.3 Å². The Balaban J connectivity index is 2.20. The van der Waals surface area contributed by atoms with Gasteiger partial charge in [0, 0.05) is 12.1 Å². The molecule has 1 atom stereocenters. The highest BCUT2D eigenvalue weighted by Crippen LogP contribution is 2.23. The molecule has 0 aliphatic heterocycles.